The Hall–Kier alpha value is -2.81. The van der Waals surface area contributed by atoms with Crippen LogP contribution in [0.4, 0.5) is 10.1 Å². The van der Waals surface area contributed by atoms with Crippen molar-refractivity contribution in [2.24, 2.45) is 0 Å². The van der Waals surface area contributed by atoms with Crippen LogP contribution < -0.4 is 14.2 Å². The molecule has 0 saturated heterocycles. The van der Waals surface area contributed by atoms with Crippen LogP contribution in [0.1, 0.15) is 10.4 Å². The molecule has 0 aliphatic rings. The summed E-state index contributed by atoms with van der Waals surface area (Å²) in [6.45, 7) is 0. The smallest absolute Gasteiger partial charge is 0.337 e. The molecule has 0 fully saturated rings. The van der Waals surface area contributed by atoms with Gasteiger partial charge in [0.25, 0.3) is 10.0 Å². The predicted molar refractivity (Wildman–Crippen MR) is 83.7 cm³/mol. The van der Waals surface area contributed by atoms with E-state index < -0.39 is 27.4 Å². The summed E-state index contributed by atoms with van der Waals surface area (Å²) in [6.07, 6.45) is 0. The van der Waals surface area contributed by atoms with Crippen LogP contribution in [0.2, 0.25) is 0 Å². The van der Waals surface area contributed by atoms with Gasteiger partial charge in [0.05, 0.1) is 25.5 Å². The molecule has 0 atom stereocenters. The van der Waals surface area contributed by atoms with Crippen molar-refractivity contribution < 1.29 is 32.2 Å². The van der Waals surface area contributed by atoms with E-state index >= 15 is 0 Å². The average molecular weight is 355 g/mol. The standard InChI is InChI=1S/C15H14FNO6S/c1-22-10-4-6-13(23-2)14(8-10)24(20,21)17-12-5-3-9(16)7-11(12)15(18)19/h3-8,17H,1-2H3,(H,18,19). The summed E-state index contributed by atoms with van der Waals surface area (Å²) in [7, 11) is -1.54. The predicted octanol–water partition coefficient (Wildman–Crippen LogP) is 2.34. The second-order valence-corrected chi connectivity index (χ2v) is 6.27. The number of carboxylic acids is 1. The van der Waals surface area contributed by atoms with Crippen molar-refractivity contribution in [3.63, 3.8) is 0 Å². The molecule has 0 saturated carbocycles. The Kier molecular flexibility index (Phi) is 4.93. The number of sulfonamides is 1. The van der Waals surface area contributed by atoms with Crippen LogP contribution in [0, 0.1) is 5.82 Å². The van der Waals surface area contributed by atoms with Crippen molar-refractivity contribution in [3.05, 3.63) is 47.8 Å². The first-order valence-electron chi connectivity index (χ1n) is 6.56. The Morgan fingerprint density at radius 1 is 1.12 bits per heavy atom. The molecule has 0 aliphatic heterocycles. The van der Waals surface area contributed by atoms with Crippen molar-refractivity contribution >= 4 is 21.7 Å². The minimum absolute atomic E-state index is 0.0438. The van der Waals surface area contributed by atoms with Gasteiger partial charge in [-0.05, 0) is 30.3 Å². The second kappa shape index (κ2) is 6.75. The molecule has 2 aromatic rings. The van der Waals surface area contributed by atoms with Crippen LogP contribution in [0.25, 0.3) is 0 Å². The van der Waals surface area contributed by atoms with Crippen LogP contribution in [0.5, 0.6) is 11.5 Å². The number of hydrogen-bond acceptors (Lipinski definition) is 5. The molecular formula is C15H14FNO6S. The molecule has 128 valence electrons. The number of rotatable bonds is 6. The van der Waals surface area contributed by atoms with E-state index in [-0.39, 0.29) is 22.1 Å². The lowest BCUT2D eigenvalue weighted by molar-refractivity contribution is 0.0697. The van der Waals surface area contributed by atoms with E-state index in [1.54, 1.807) is 0 Å². The summed E-state index contributed by atoms with van der Waals surface area (Å²) in [6, 6.07) is 6.85. The first-order valence-corrected chi connectivity index (χ1v) is 8.04. The van der Waals surface area contributed by atoms with Gasteiger partial charge in [0.2, 0.25) is 0 Å². The first-order chi connectivity index (χ1) is 11.3. The van der Waals surface area contributed by atoms with Crippen molar-refractivity contribution in [2.75, 3.05) is 18.9 Å². The van der Waals surface area contributed by atoms with Crippen LogP contribution in [0.15, 0.2) is 41.3 Å². The molecule has 2 N–H and O–H groups in total. The summed E-state index contributed by atoms with van der Waals surface area (Å²) < 4.78 is 50.5. The van der Waals surface area contributed by atoms with Crippen molar-refractivity contribution in [2.45, 2.75) is 4.90 Å². The number of nitrogens with one attached hydrogen (secondary N) is 1. The molecule has 0 spiro atoms. The number of carboxylic acid groups (broad SMARTS) is 1. The number of methoxy groups -OCH3 is 2. The quantitative estimate of drug-likeness (QED) is 0.825. The molecule has 2 rings (SSSR count). The van der Waals surface area contributed by atoms with Gasteiger partial charge in [-0.1, -0.05) is 0 Å². The summed E-state index contributed by atoms with van der Waals surface area (Å²) in [4.78, 5) is 10.9. The number of benzene rings is 2. The summed E-state index contributed by atoms with van der Waals surface area (Å²) >= 11 is 0. The van der Waals surface area contributed by atoms with E-state index in [4.69, 9.17) is 14.6 Å². The highest BCUT2D eigenvalue weighted by atomic mass is 32.2. The lowest BCUT2D eigenvalue weighted by atomic mass is 10.2. The third kappa shape index (κ3) is 3.57. The average Bonchev–Trinajstić information content (AvgIpc) is 2.55. The monoisotopic (exact) mass is 355 g/mol. The molecule has 0 aromatic heterocycles. The summed E-state index contributed by atoms with van der Waals surface area (Å²) in [5.74, 6) is -1.95. The molecular weight excluding hydrogens is 341 g/mol. The van der Waals surface area contributed by atoms with Crippen LogP contribution in [-0.4, -0.2) is 33.7 Å². The van der Waals surface area contributed by atoms with Gasteiger partial charge < -0.3 is 14.6 Å². The van der Waals surface area contributed by atoms with Crippen LogP contribution >= 0.6 is 0 Å². The largest absolute Gasteiger partial charge is 0.497 e. The minimum Gasteiger partial charge on any atom is -0.497 e. The lowest BCUT2D eigenvalue weighted by Gasteiger charge is -2.14. The first kappa shape index (κ1) is 17.5. The van der Waals surface area contributed by atoms with Gasteiger partial charge in [0.15, 0.2) is 0 Å². The van der Waals surface area contributed by atoms with Gasteiger partial charge in [-0.15, -0.1) is 0 Å². The Balaban J connectivity index is 2.52. The van der Waals surface area contributed by atoms with E-state index in [1.165, 1.54) is 32.4 Å². The zero-order chi connectivity index (χ0) is 17.9. The maximum atomic E-state index is 13.2. The maximum absolute atomic E-state index is 13.2. The Morgan fingerprint density at radius 2 is 1.83 bits per heavy atom. The van der Waals surface area contributed by atoms with E-state index in [9.17, 15) is 17.6 Å². The van der Waals surface area contributed by atoms with E-state index in [2.05, 4.69) is 4.72 Å². The molecule has 9 heteroatoms. The highest BCUT2D eigenvalue weighted by molar-refractivity contribution is 7.92. The topological polar surface area (TPSA) is 102 Å². The van der Waals surface area contributed by atoms with Crippen molar-refractivity contribution in [3.8, 4) is 11.5 Å². The maximum Gasteiger partial charge on any atom is 0.337 e. The molecule has 0 aliphatic carbocycles. The molecule has 0 amide bonds. The third-order valence-corrected chi connectivity index (χ3v) is 4.50. The van der Waals surface area contributed by atoms with Gasteiger partial charge in [-0.25, -0.2) is 17.6 Å². The number of carbonyl (C=O) groups is 1. The summed E-state index contributed by atoms with van der Waals surface area (Å²) in [5, 5.41) is 9.09. The van der Waals surface area contributed by atoms with Gasteiger partial charge in [-0.2, -0.15) is 0 Å². The SMILES string of the molecule is COc1ccc(OC)c(S(=O)(=O)Nc2ccc(F)cc2C(=O)O)c1. The molecule has 0 unspecified atom stereocenters. The number of halogens is 1. The Morgan fingerprint density at radius 3 is 2.42 bits per heavy atom. The van der Waals surface area contributed by atoms with Crippen LogP contribution in [-0.2, 0) is 10.0 Å². The molecule has 0 heterocycles. The number of hydrogen-bond donors (Lipinski definition) is 2. The normalized spacial score (nSPS) is 11.0. The Bertz CT molecular complexity index is 882. The van der Waals surface area contributed by atoms with Crippen molar-refractivity contribution in [1.82, 2.24) is 0 Å². The number of aromatic carboxylic acids is 1. The van der Waals surface area contributed by atoms with Gasteiger partial charge in [-0.3, -0.25) is 4.72 Å². The second-order valence-electron chi connectivity index (χ2n) is 4.62. The van der Waals surface area contributed by atoms with E-state index in [1.807, 2.05) is 0 Å². The molecule has 7 nitrogen and oxygen atoms in total. The fourth-order valence-corrected chi connectivity index (χ4v) is 3.24. The van der Waals surface area contributed by atoms with Crippen LogP contribution in [0.3, 0.4) is 0 Å². The highest BCUT2D eigenvalue weighted by Gasteiger charge is 2.23. The number of ether oxygens (including phenoxy) is 2. The molecule has 2 aromatic carbocycles. The minimum atomic E-state index is -4.20. The van der Waals surface area contributed by atoms with E-state index in [0.717, 1.165) is 18.2 Å². The van der Waals surface area contributed by atoms with Gasteiger partial charge >= 0.3 is 5.97 Å². The highest BCUT2D eigenvalue weighted by Crippen LogP contribution is 2.30. The van der Waals surface area contributed by atoms with E-state index in [0.29, 0.717) is 0 Å². The summed E-state index contributed by atoms with van der Waals surface area (Å²) in [5.41, 5.74) is -0.783. The van der Waals surface area contributed by atoms with Gasteiger partial charge in [0.1, 0.15) is 22.2 Å². The molecule has 0 radical (unpaired) electrons. The molecule has 0 bridgehead atoms. The Labute approximate surface area is 137 Å². The fourth-order valence-electron chi connectivity index (χ4n) is 1.98. The van der Waals surface area contributed by atoms with Crippen molar-refractivity contribution in [1.29, 1.82) is 0 Å². The zero-order valence-corrected chi connectivity index (χ0v) is 13.6. The molecule has 24 heavy (non-hydrogen) atoms. The number of anilines is 1. The zero-order valence-electron chi connectivity index (χ0n) is 12.7. The fraction of sp³-hybridized carbons (Fsp3) is 0.133. The van der Waals surface area contributed by atoms with Gasteiger partial charge in [0, 0.05) is 6.07 Å². The lowest BCUT2D eigenvalue weighted by Crippen LogP contribution is -2.16. The third-order valence-electron chi connectivity index (χ3n) is 3.12.